The Labute approximate surface area is 109 Å². The summed E-state index contributed by atoms with van der Waals surface area (Å²) in [6.07, 6.45) is 0.610. The van der Waals surface area contributed by atoms with Gasteiger partial charge in [0.25, 0.3) is 0 Å². The average molecular weight is 269 g/mol. The van der Waals surface area contributed by atoms with E-state index < -0.39 is 0 Å². The van der Waals surface area contributed by atoms with Crippen LogP contribution in [0.1, 0.15) is 12.2 Å². The third-order valence-corrected chi connectivity index (χ3v) is 2.57. The minimum atomic E-state index is 0.108. The molecule has 0 spiro atoms. The van der Waals surface area contributed by atoms with E-state index in [1.54, 1.807) is 28.9 Å². The van der Waals surface area contributed by atoms with E-state index in [9.17, 15) is 0 Å². The van der Waals surface area contributed by atoms with E-state index in [-0.39, 0.29) is 13.2 Å². The zero-order valence-electron chi connectivity index (χ0n) is 9.66. The van der Waals surface area contributed by atoms with Gasteiger partial charge in [-0.25, -0.2) is 4.68 Å². The third-order valence-electron chi connectivity index (χ3n) is 2.32. The maximum absolute atomic E-state index is 8.76. The number of nitrogens with zero attached hydrogens (tertiary/aromatic N) is 4. The number of tetrazole rings is 1. The molecule has 0 aliphatic carbocycles. The molecule has 2 rings (SSSR count). The van der Waals surface area contributed by atoms with Gasteiger partial charge in [-0.2, -0.15) is 0 Å². The summed E-state index contributed by atoms with van der Waals surface area (Å²) in [6.45, 7) is 0.959. The van der Waals surface area contributed by atoms with Crippen molar-refractivity contribution in [2.24, 2.45) is 0 Å². The van der Waals surface area contributed by atoms with Gasteiger partial charge in [-0.15, -0.1) is 5.10 Å². The monoisotopic (exact) mass is 268 g/mol. The van der Waals surface area contributed by atoms with Gasteiger partial charge in [-0.1, -0.05) is 11.6 Å². The van der Waals surface area contributed by atoms with E-state index in [1.165, 1.54) is 0 Å². The summed E-state index contributed by atoms with van der Waals surface area (Å²) < 4.78 is 7.16. The van der Waals surface area contributed by atoms with Crippen LogP contribution in [0.5, 0.6) is 5.75 Å². The number of ether oxygens (including phenoxy) is 1. The Balaban J connectivity index is 1.93. The molecule has 0 radical (unpaired) electrons. The number of aliphatic hydroxyl groups is 1. The fraction of sp³-hybridized carbons (Fsp3) is 0.364. The van der Waals surface area contributed by atoms with Gasteiger partial charge in [0.2, 0.25) is 0 Å². The summed E-state index contributed by atoms with van der Waals surface area (Å²) in [5.41, 5.74) is 0. The lowest BCUT2D eigenvalue weighted by atomic mass is 10.3. The molecule has 0 saturated carbocycles. The molecule has 96 valence electrons. The highest BCUT2D eigenvalue weighted by Gasteiger charge is 2.06. The minimum absolute atomic E-state index is 0.108. The molecule has 0 saturated heterocycles. The molecule has 0 aliphatic rings. The van der Waals surface area contributed by atoms with Crippen LogP contribution in [0, 0.1) is 0 Å². The largest absolute Gasteiger partial charge is 0.486 e. The van der Waals surface area contributed by atoms with Crippen LogP contribution < -0.4 is 4.74 Å². The second-order valence-electron chi connectivity index (χ2n) is 3.64. The minimum Gasteiger partial charge on any atom is -0.486 e. The highest BCUT2D eigenvalue weighted by Crippen LogP contribution is 2.16. The number of halogens is 1. The van der Waals surface area contributed by atoms with E-state index in [0.29, 0.717) is 29.6 Å². The molecular formula is C11H13ClN4O2. The fourth-order valence-electron chi connectivity index (χ4n) is 1.40. The second kappa shape index (κ2) is 6.32. The van der Waals surface area contributed by atoms with Crippen molar-refractivity contribution in [3.63, 3.8) is 0 Å². The Bertz CT molecular complexity index is 486. The Morgan fingerprint density at radius 1 is 1.28 bits per heavy atom. The van der Waals surface area contributed by atoms with E-state index in [1.807, 2.05) is 0 Å². The summed E-state index contributed by atoms with van der Waals surface area (Å²) in [4.78, 5) is 0. The Kier molecular flexibility index (Phi) is 4.49. The van der Waals surface area contributed by atoms with Crippen molar-refractivity contribution in [3.8, 4) is 5.75 Å². The number of benzene rings is 1. The summed E-state index contributed by atoms with van der Waals surface area (Å²) >= 11 is 5.78. The molecule has 7 heteroatoms. The number of aryl methyl sites for hydroxylation is 1. The van der Waals surface area contributed by atoms with Crippen LogP contribution in [0.3, 0.4) is 0 Å². The van der Waals surface area contributed by atoms with Crippen molar-refractivity contribution in [1.82, 2.24) is 20.2 Å². The summed E-state index contributed by atoms with van der Waals surface area (Å²) in [5.74, 6) is 1.33. The Hall–Kier alpha value is -1.66. The fourth-order valence-corrected chi connectivity index (χ4v) is 1.53. The van der Waals surface area contributed by atoms with Crippen molar-refractivity contribution in [1.29, 1.82) is 0 Å². The Morgan fingerprint density at radius 2 is 2.06 bits per heavy atom. The van der Waals surface area contributed by atoms with Gasteiger partial charge in [0, 0.05) is 18.2 Å². The molecule has 1 heterocycles. The van der Waals surface area contributed by atoms with Crippen LogP contribution in [0.15, 0.2) is 24.3 Å². The first kappa shape index (κ1) is 12.8. The van der Waals surface area contributed by atoms with Crippen LogP contribution in [0.2, 0.25) is 5.02 Å². The van der Waals surface area contributed by atoms with E-state index in [0.717, 1.165) is 0 Å². The number of aliphatic hydroxyl groups excluding tert-OH is 1. The number of aromatic nitrogens is 4. The summed E-state index contributed by atoms with van der Waals surface area (Å²) in [6, 6.07) is 7.08. The molecule has 0 aliphatic heterocycles. The molecule has 0 unspecified atom stereocenters. The molecule has 0 fully saturated rings. The topological polar surface area (TPSA) is 73.1 Å². The van der Waals surface area contributed by atoms with Crippen LogP contribution >= 0.6 is 11.6 Å². The molecule has 0 amide bonds. The number of hydrogen-bond donors (Lipinski definition) is 1. The molecule has 0 atom stereocenters. The SMILES string of the molecule is OCCCn1nnnc1COc1ccc(Cl)cc1. The van der Waals surface area contributed by atoms with Crippen molar-refractivity contribution >= 4 is 11.6 Å². The predicted molar refractivity (Wildman–Crippen MR) is 65.3 cm³/mol. The van der Waals surface area contributed by atoms with Crippen molar-refractivity contribution in [2.75, 3.05) is 6.61 Å². The van der Waals surface area contributed by atoms with Gasteiger partial charge < -0.3 is 9.84 Å². The average Bonchev–Trinajstić information content (AvgIpc) is 2.83. The van der Waals surface area contributed by atoms with E-state index >= 15 is 0 Å². The first-order valence-electron chi connectivity index (χ1n) is 5.54. The highest BCUT2D eigenvalue weighted by molar-refractivity contribution is 6.30. The van der Waals surface area contributed by atoms with Gasteiger partial charge in [0.05, 0.1) is 0 Å². The normalized spacial score (nSPS) is 10.6. The lowest BCUT2D eigenvalue weighted by Crippen LogP contribution is -2.09. The maximum Gasteiger partial charge on any atom is 0.189 e. The smallest absolute Gasteiger partial charge is 0.189 e. The van der Waals surface area contributed by atoms with Gasteiger partial charge in [-0.3, -0.25) is 0 Å². The van der Waals surface area contributed by atoms with E-state index in [4.69, 9.17) is 21.4 Å². The third kappa shape index (κ3) is 3.41. The molecule has 1 N–H and O–H groups in total. The molecular weight excluding hydrogens is 256 g/mol. The standard InChI is InChI=1S/C11H13ClN4O2/c12-9-2-4-10(5-3-9)18-8-11-13-14-15-16(11)6-1-7-17/h2-5,17H,1,6-8H2. The zero-order chi connectivity index (χ0) is 12.8. The van der Waals surface area contributed by atoms with Crippen molar-refractivity contribution in [3.05, 3.63) is 35.1 Å². The molecule has 18 heavy (non-hydrogen) atoms. The number of hydrogen-bond acceptors (Lipinski definition) is 5. The van der Waals surface area contributed by atoms with E-state index in [2.05, 4.69) is 15.5 Å². The zero-order valence-corrected chi connectivity index (χ0v) is 10.4. The molecule has 1 aromatic carbocycles. The Morgan fingerprint density at radius 3 is 2.78 bits per heavy atom. The lowest BCUT2D eigenvalue weighted by Gasteiger charge is -2.06. The number of rotatable bonds is 6. The van der Waals surface area contributed by atoms with Gasteiger partial charge >= 0.3 is 0 Å². The van der Waals surface area contributed by atoms with Crippen molar-refractivity contribution < 1.29 is 9.84 Å². The van der Waals surface area contributed by atoms with Crippen LogP contribution in [-0.2, 0) is 13.2 Å². The van der Waals surface area contributed by atoms with Gasteiger partial charge in [0.15, 0.2) is 5.82 Å². The van der Waals surface area contributed by atoms with Gasteiger partial charge in [0.1, 0.15) is 12.4 Å². The quantitative estimate of drug-likeness (QED) is 0.855. The maximum atomic E-state index is 8.76. The first-order chi connectivity index (χ1) is 8.79. The molecule has 1 aromatic heterocycles. The first-order valence-corrected chi connectivity index (χ1v) is 5.91. The predicted octanol–water partition coefficient (Wildman–Crippen LogP) is 1.29. The van der Waals surface area contributed by atoms with Crippen LogP contribution in [0.4, 0.5) is 0 Å². The molecule has 2 aromatic rings. The molecule has 0 bridgehead atoms. The summed E-state index contributed by atoms with van der Waals surface area (Å²) in [7, 11) is 0. The summed E-state index contributed by atoms with van der Waals surface area (Å²) in [5, 5.41) is 20.7. The lowest BCUT2D eigenvalue weighted by molar-refractivity contribution is 0.263. The van der Waals surface area contributed by atoms with Crippen molar-refractivity contribution in [2.45, 2.75) is 19.6 Å². The van der Waals surface area contributed by atoms with Crippen LogP contribution in [-0.4, -0.2) is 31.9 Å². The van der Waals surface area contributed by atoms with Crippen LogP contribution in [0.25, 0.3) is 0 Å². The molecule has 6 nitrogen and oxygen atoms in total. The van der Waals surface area contributed by atoms with Gasteiger partial charge in [-0.05, 0) is 41.1 Å². The highest BCUT2D eigenvalue weighted by atomic mass is 35.5. The second-order valence-corrected chi connectivity index (χ2v) is 4.07.